The Bertz CT molecular complexity index is 45.6. The van der Waals surface area contributed by atoms with Crippen LogP contribution in [-0.4, -0.2) is 0 Å². The lowest BCUT2D eigenvalue weighted by atomic mass is 11.3. The number of hydrogen-bond donors (Lipinski definition) is 0. The summed E-state index contributed by atoms with van der Waals surface area (Å²) in [6, 6.07) is 0. The van der Waals surface area contributed by atoms with Crippen LogP contribution in [0.5, 0.6) is 0 Å². The molecule has 0 unspecified atom stereocenters. The van der Waals surface area contributed by atoms with Gasteiger partial charge in [-0.05, 0) is 38.5 Å². The predicted octanol–water partition coefficient (Wildman–Crippen LogP) is 3.01. The van der Waals surface area contributed by atoms with Crippen molar-refractivity contribution in [1.29, 1.82) is 0 Å². The Morgan fingerprint density at radius 3 is 2.00 bits per heavy atom. The fraction of sp³-hybridized carbons (Fsp3) is 0. The van der Waals surface area contributed by atoms with Crippen molar-refractivity contribution >= 4 is 54.5 Å². The summed E-state index contributed by atoms with van der Waals surface area (Å²) in [6.45, 7) is 0. The van der Waals surface area contributed by atoms with E-state index in [4.69, 9.17) is 0 Å². The summed E-state index contributed by atoms with van der Waals surface area (Å²) in [6.07, 6.45) is 0. The van der Waals surface area contributed by atoms with Crippen molar-refractivity contribution in [2.24, 2.45) is 0 Å². The molecule has 0 nitrogen and oxygen atoms in total. The monoisotopic (exact) mass is 310 g/mol. The van der Waals surface area contributed by atoms with Gasteiger partial charge in [-0.15, -0.1) is 0 Å². The highest BCUT2D eigenvalue weighted by Gasteiger charge is 1.68. The molecule has 30 valence electrons. The molecule has 0 heterocycles. The van der Waals surface area contributed by atoms with Gasteiger partial charge in [-0.3, -0.25) is 0 Å². The minimum atomic E-state index is 1.08. The van der Waals surface area contributed by atoms with E-state index < -0.39 is 0 Å². The van der Waals surface area contributed by atoms with E-state index in [1.165, 1.54) is 0 Å². The van der Waals surface area contributed by atoms with Crippen LogP contribution < -0.4 is 0 Å². The zero-order valence-electron chi connectivity index (χ0n) is 2.21. The van der Waals surface area contributed by atoms with E-state index in [-0.39, 0.29) is 0 Å². The molecule has 0 atom stereocenters. The second-order valence-corrected chi connectivity index (χ2v) is 4.36. The fourth-order valence-corrected chi connectivity index (χ4v) is 0. The predicted molar refractivity (Wildman–Crippen MR) is 40.0 cm³/mol. The van der Waals surface area contributed by atoms with Crippen molar-refractivity contribution in [3.8, 4) is 0 Å². The van der Waals surface area contributed by atoms with Crippen LogP contribution >= 0.6 is 54.5 Å². The first-order valence-corrected chi connectivity index (χ1v) is 3.67. The van der Waals surface area contributed by atoms with Crippen molar-refractivity contribution in [2.45, 2.75) is 0 Å². The standard InChI is InChI=1S/C2HBr2I/c3-1-2(4)5/h1H/b2-1+. The van der Waals surface area contributed by atoms with Crippen molar-refractivity contribution in [2.75, 3.05) is 0 Å². The molecule has 0 fully saturated rings. The second kappa shape index (κ2) is 3.61. The summed E-state index contributed by atoms with van der Waals surface area (Å²) in [5.74, 6) is 0. The van der Waals surface area contributed by atoms with Gasteiger partial charge in [0.25, 0.3) is 0 Å². The normalized spacial score (nSPS) is 12.2. The van der Waals surface area contributed by atoms with Crippen LogP contribution in [0.1, 0.15) is 0 Å². The molecule has 0 aromatic rings. The first-order chi connectivity index (χ1) is 2.27. The SMILES string of the molecule is Br/C=C(\Br)I. The van der Waals surface area contributed by atoms with E-state index in [0.29, 0.717) is 0 Å². The minimum Gasteiger partial charge on any atom is -0.0578 e. The molecule has 0 aliphatic rings. The smallest absolute Gasteiger partial charge is 0.0578 e. The van der Waals surface area contributed by atoms with E-state index >= 15 is 0 Å². The Morgan fingerprint density at radius 2 is 2.00 bits per heavy atom. The molecule has 0 aliphatic carbocycles. The molecular weight excluding hydrogens is 311 g/mol. The van der Waals surface area contributed by atoms with Crippen LogP contribution in [0.2, 0.25) is 0 Å². The highest BCUT2D eigenvalue weighted by molar-refractivity contribution is 14.1. The van der Waals surface area contributed by atoms with Crippen LogP contribution in [0.15, 0.2) is 7.47 Å². The first-order valence-electron chi connectivity index (χ1n) is 0.885. The van der Waals surface area contributed by atoms with Gasteiger partial charge in [0.05, 0.1) is 2.49 Å². The van der Waals surface area contributed by atoms with Gasteiger partial charge in [-0.2, -0.15) is 0 Å². The van der Waals surface area contributed by atoms with Gasteiger partial charge in [0, 0.05) is 4.99 Å². The molecule has 0 aromatic carbocycles. The summed E-state index contributed by atoms with van der Waals surface area (Å²) in [7, 11) is 0. The van der Waals surface area contributed by atoms with E-state index in [9.17, 15) is 0 Å². The Hall–Kier alpha value is 1.43. The molecular formula is C2HBr2I. The highest BCUT2D eigenvalue weighted by atomic mass is 127. The average Bonchev–Trinajstić information content (AvgIpc) is 1.38. The number of hydrogen-bond acceptors (Lipinski definition) is 0. The van der Waals surface area contributed by atoms with Crippen LogP contribution in [0.3, 0.4) is 0 Å². The number of rotatable bonds is 0. The zero-order valence-corrected chi connectivity index (χ0v) is 7.54. The maximum Gasteiger partial charge on any atom is 0.0628 e. The Labute approximate surface area is 61.4 Å². The summed E-state index contributed by atoms with van der Waals surface area (Å²) in [5.41, 5.74) is 0. The van der Waals surface area contributed by atoms with Gasteiger partial charge in [0.15, 0.2) is 0 Å². The van der Waals surface area contributed by atoms with E-state index in [1.54, 1.807) is 4.99 Å². The lowest BCUT2D eigenvalue weighted by molar-refractivity contribution is 2.60. The quantitative estimate of drug-likeness (QED) is 0.603. The molecule has 0 bridgehead atoms. The molecule has 0 N–H and O–H groups in total. The zero-order chi connectivity index (χ0) is 4.28. The summed E-state index contributed by atoms with van der Waals surface area (Å²) >= 11 is 8.41. The molecule has 0 spiro atoms. The van der Waals surface area contributed by atoms with Crippen LogP contribution in [0, 0.1) is 0 Å². The lowest BCUT2D eigenvalue weighted by Crippen LogP contribution is -1.29. The molecule has 0 amide bonds. The molecule has 0 aromatic heterocycles. The summed E-state index contributed by atoms with van der Waals surface area (Å²) < 4.78 is 1.08. The maximum atomic E-state index is 3.17. The van der Waals surface area contributed by atoms with Gasteiger partial charge in [-0.1, -0.05) is 15.9 Å². The summed E-state index contributed by atoms with van der Waals surface area (Å²) in [4.78, 5) is 1.80. The Kier molecular flexibility index (Phi) is 4.65. The third-order valence-corrected chi connectivity index (χ3v) is 2.55. The molecule has 0 aliphatic heterocycles. The van der Waals surface area contributed by atoms with Crippen LogP contribution in [0.4, 0.5) is 0 Å². The number of halogens is 3. The molecule has 0 rings (SSSR count). The fourth-order valence-electron chi connectivity index (χ4n) is 0. The van der Waals surface area contributed by atoms with Crippen molar-refractivity contribution in [3.05, 3.63) is 7.47 Å². The Morgan fingerprint density at radius 1 is 1.80 bits per heavy atom. The van der Waals surface area contributed by atoms with Gasteiger partial charge in [-0.25, -0.2) is 0 Å². The molecule has 0 saturated carbocycles. The largest absolute Gasteiger partial charge is 0.0628 e. The van der Waals surface area contributed by atoms with E-state index in [0.717, 1.165) is 2.49 Å². The Balaban J connectivity index is 3.14. The van der Waals surface area contributed by atoms with Crippen molar-refractivity contribution in [1.82, 2.24) is 0 Å². The second-order valence-electron chi connectivity index (χ2n) is 0.399. The van der Waals surface area contributed by atoms with Gasteiger partial charge in [0.1, 0.15) is 0 Å². The molecule has 3 heteroatoms. The van der Waals surface area contributed by atoms with E-state index in [1.807, 2.05) is 0 Å². The van der Waals surface area contributed by atoms with E-state index in [2.05, 4.69) is 54.5 Å². The third-order valence-electron chi connectivity index (χ3n) is 0.0825. The van der Waals surface area contributed by atoms with Crippen LogP contribution in [-0.2, 0) is 0 Å². The minimum absolute atomic E-state index is 1.08. The third kappa shape index (κ3) is 5.43. The highest BCUT2D eigenvalue weighted by Crippen LogP contribution is 2.14. The summed E-state index contributed by atoms with van der Waals surface area (Å²) in [5, 5.41) is 0. The molecule has 5 heavy (non-hydrogen) atoms. The van der Waals surface area contributed by atoms with Crippen LogP contribution in [0.25, 0.3) is 0 Å². The first kappa shape index (κ1) is 6.43. The maximum absolute atomic E-state index is 3.17. The molecule has 0 radical (unpaired) electrons. The molecule has 0 saturated heterocycles. The van der Waals surface area contributed by atoms with Gasteiger partial charge in [0.2, 0.25) is 0 Å². The average molecular weight is 312 g/mol. The van der Waals surface area contributed by atoms with Crippen molar-refractivity contribution in [3.63, 3.8) is 0 Å². The van der Waals surface area contributed by atoms with Gasteiger partial charge < -0.3 is 0 Å². The lowest BCUT2D eigenvalue weighted by Gasteiger charge is -1.66. The van der Waals surface area contributed by atoms with Gasteiger partial charge >= 0.3 is 0 Å². The van der Waals surface area contributed by atoms with Crippen molar-refractivity contribution < 1.29 is 0 Å². The topological polar surface area (TPSA) is 0 Å².